The molecule has 104 valence electrons. The number of halogens is 2. The number of carbonyl (C=O) groups excluding carboxylic acids is 1. The molecule has 0 atom stereocenters. The van der Waals surface area contributed by atoms with E-state index in [1.54, 1.807) is 18.2 Å². The molecule has 4 nitrogen and oxygen atoms in total. The van der Waals surface area contributed by atoms with Gasteiger partial charge in [0, 0.05) is 24.2 Å². The Labute approximate surface area is 122 Å². The summed E-state index contributed by atoms with van der Waals surface area (Å²) < 4.78 is 0. The van der Waals surface area contributed by atoms with E-state index < -0.39 is 0 Å². The van der Waals surface area contributed by atoms with Crippen LogP contribution in [-0.2, 0) is 4.79 Å². The summed E-state index contributed by atoms with van der Waals surface area (Å²) in [6.07, 6.45) is 1.74. The van der Waals surface area contributed by atoms with Crippen LogP contribution in [0.15, 0.2) is 18.2 Å². The summed E-state index contributed by atoms with van der Waals surface area (Å²) in [6.45, 7) is 1.70. The topological polar surface area (TPSA) is 58.4 Å². The SMILES string of the molecule is NC1CCN(C(=O)CNc2ccc(Cl)cc2Cl)CC1. The highest BCUT2D eigenvalue weighted by molar-refractivity contribution is 6.36. The van der Waals surface area contributed by atoms with Gasteiger partial charge >= 0.3 is 0 Å². The van der Waals surface area contributed by atoms with Crippen LogP contribution in [0.5, 0.6) is 0 Å². The highest BCUT2D eigenvalue weighted by atomic mass is 35.5. The third-order valence-corrected chi connectivity index (χ3v) is 3.80. The molecule has 0 radical (unpaired) electrons. The summed E-state index contributed by atoms with van der Waals surface area (Å²) in [5.41, 5.74) is 6.53. The first-order valence-electron chi connectivity index (χ1n) is 6.28. The van der Waals surface area contributed by atoms with Crippen LogP contribution in [0.25, 0.3) is 0 Å². The summed E-state index contributed by atoms with van der Waals surface area (Å²) >= 11 is 11.8. The molecule has 0 unspecified atom stereocenters. The molecule has 1 amide bonds. The lowest BCUT2D eigenvalue weighted by Gasteiger charge is -2.30. The van der Waals surface area contributed by atoms with Gasteiger partial charge in [-0.1, -0.05) is 23.2 Å². The van der Waals surface area contributed by atoms with Gasteiger partial charge in [0.05, 0.1) is 17.3 Å². The van der Waals surface area contributed by atoms with E-state index in [0.29, 0.717) is 15.7 Å². The van der Waals surface area contributed by atoms with Crippen LogP contribution in [0.2, 0.25) is 10.0 Å². The normalized spacial score (nSPS) is 16.5. The number of hydrogen-bond donors (Lipinski definition) is 2. The number of likely N-dealkylation sites (tertiary alicyclic amines) is 1. The maximum Gasteiger partial charge on any atom is 0.241 e. The van der Waals surface area contributed by atoms with Gasteiger partial charge in [-0.05, 0) is 31.0 Å². The number of anilines is 1. The van der Waals surface area contributed by atoms with Gasteiger partial charge in [-0.3, -0.25) is 4.79 Å². The number of nitrogens with one attached hydrogen (secondary N) is 1. The van der Waals surface area contributed by atoms with Gasteiger partial charge < -0.3 is 16.0 Å². The lowest BCUT2D eigenvalue weighted by molar-refractivity contribution is -0.130. The Kier molecular flexibility index (Phi) is 4.91. The Balaban J connectivity index is 1.86. The van der Waals surface area contributed by atoms with Crippen molar-refractivity contribution in [2.75, 3.05) is 25.0 Å². The summed E-state index contributed by atoms with van der Waals surface area (Å²) in [5.74, 6) is 0.0675. The molecule has 6 heteroatoms. The fraction of sp³-hybridized carbons (Fsp3) is 0.462. The van der Waals surface area contributed by atoms with E-state index in [4.69, 9.17) is 28.9 Å². The van der Waals surface area contributed by atoms with Gasteiger partial charge in [0.15, 0.2) is 0 Å². The van der Waals surface area contributed by atoms with E-state index in [-0.39, 0.29) is 18.5 Å². The van der Waals surface area contributed by atoms with E-state index in [2.05, 4.69) is 5.32 Å². The van der Waals surface area contributed by atoms with Gasteiger partial charge in [0.2, 0.25) is 5.91 Å². The first kappa shape index (κ1) is 14.4. The largest absolute Gasteiger partial charge is 0.375 e. The molecule has 1 aliphatic rings. The van der Waals surface area contributed by atoms with E-state index in [0.717, 1.165) is 25.9 Å². The Morgan fingerprint density at radius 2 is 2.05 bits per heavy atom. The van der Waals surface area contributed by atoms with Crippen molar-refractivity contribution in [2.24, 2.45) is 5.73 Å². The lowest BCUT2D eigenvalue weighted by Crippen LogP contribution is -2.44. The zero-order valence-corrected chi connectivity index (χ0v) is 12.0. The van der Waals surface area contributed by atoms with Crippen molar-refractivity contribution in [3.63, 3.8) is 0 Å². The minimum atomic E-state index is 0.0675. The quantitative estimate of drug-likeness (QED) is 0.901. The van der Waals surface area contributed by atoms with Crippen molar-refractivity contribution >= 4 is 34.8 Å². The standard InChI is InChI=1S/C13H17Cl2N3O/c14-9-1-2-12(11(15)7-9)17-8-13(19)18-5-3-10(16)4-6-18/h1-2,7,10,17H,3-6,8,16H2. The summed E-state index contributed by atoms with van der Waals surface area (Å²) in [4.78, 5) is 13.8. The summed E-state index contributed by atoms with van der Waals surface area (Å²) in [5, 5.41) is 4.13. The molecule has 0 aromatic heterocycles. The first-order chi connectivity index (χ1) is 9.06. The van der Waals surface area contributed by atoms with E-state index in [1.807, 2.05) is 4.90 Å². The van der Waals surface area contributed by atoms with Gasteiger partial charge in [-0.25, -0.2) is 0 Å². The van der Waals surface area contributed by atoms with Crippen molar-refractivity contribution in [3.05, 3.63) is 28.2 Å². The zero-order valence-electron chi connectivity index (χ0n) is 10.5. The number of nitrogens with zero attached hydrogens (tertiary/aromatic N) is 1. The maximum absolute atomic E-state index is 12.0. The van der Waals surface area contributed by atoms with Crippen LogP contribution in [0, 0.1) is 0 Å². The van der Waals surface area contributed by atoms with Crippen LogP contribution >= 0.6 is 23.2 Å². The Hall–Kier alpha value is -0.970. The minimum absolute atomic E-state index is 0.0675. The number of amides is 1. The number of benzene rings is 1. The molecule has 0 saturated carbocycles. The van der Waals surface area contributed by atoms with Crippen LogP contribution in [0.3, 0.4) is 0 Å². The molecule has 2 rings (SSSR count). The number of rotatable bonds is 3. The molecule has 1 aliphatic heterocycles. The summed E-state index contributed by atoms with van der Waals surface area (Å²) in [7, 11) is 0. The highest BCUT2D eigenvalue weighted by Crippen LogP contribution is 2.25. The lowest BCUT2D eigenvalue weighted by atomic mass is 10.1. The fourth-order valence-electron chi connectivity index (χ4n) is 2.06. The first-order valence-corrected chi connectivity index (χ1v) is 7.04. The van der Waals surface area contributed by atoms with Crippen LogP contribution < -0.4 is 11.1 Å². The van der Waals surface area contributed by atoms with Gasteiger partial charge in [-0.2, -0.15) is 0 Å². The molecular weight excluding hydrogens is 285 g/mol. The number of hydrogen-bond acceptors (Lipinski definition) is 3. The second-order valence-corrected chi connectivity index (χ2v) is 5.54. The molecule has 0 spiro atoms. The van der Waals surface area contributed by atoms with E-state index in [9.17, 15) is 4.79 Å². The Bertz CT molecular complexity index is 459. The zero-order chi connectivity index (χ0) is 13.8. The predicted molar refractivity (Wildman–Crippen MR) is 78.7 cm³/mol. The average molecular weight is 302 g/mol. The molecule has 0 bridgehead atoms. The maximum atomic E-state index is 12.0. The predicted octanol–water partition coefficient (Wildman–Crippen LogP) is 2.35. The second-order valence-electron chi connectivity index (χ2n) is 4.70. The minimum Gasteiger partial charge on any atom is -0.375 e. The molecule has 3 N–H and O–H groups in total. The number of nitrogens with two attached hydrogens (primary N) is 1. The van der Waals surface area contributed by atoms with Gasteiger partial charge in [-0.15, -0.1) is 0 Å². The molecule has 1 fully saturated rings. The number of piperidine rings is 1. The molecular formula is C13H17Cl2N3O. The van der Waals surface area contributed by atoms with E-state index >= 15 is 0 Å². The Morgan fingerprint density at radius 3 is 2.68 bits per heavy atom. The van der Waals surface area contributed by atoms with Crippen LogP contribution in [0.4, 0.5) is 5.69 Å². The van der Waals surface area contributed by atoms with Crippen molar-refractivity contribution in [3.8, 4) is 0 Å². The van der Waals surface area contributed by atoms with Crippen molar-refractivity contribution < 1.29 is 4.79 Å². The van der Waals surface area contributed by atoms with E-state index in [1.165, 1.54) is 0 Å². The summed E-state index contributed by atoms with van der Waals surface area (Å²) in [6, 6.07) is 5.38. The van der Waals surface area contributed by atoms with Crippen LogP contribution in [0.1, 0.15) is 12.8 Å². The second kappa shape index (κ2) is 6.46. The van der Waals surface area contributed by atoms with Gasteiger partial charge in [0.1, 0.15) is 0 Å². The monoisotopic (exact) mass is 301 g/mol. The molecule has 1 aromatic carbocycles. The van der Waals surface area contributed by atoms with Crippen molar-refractivity contribution in [2.45, 2.75) is 18.9 Å². The van der Waals surface area contributed by atoms with Crippen molar-refractivity contribution in [1.29, 1.82) is 0 Å². The molecule has 1 heterocycles. The average Bonchev–Trinajstić information content (AvgIpc) is 2.38. The molecule has 0 aliphatic carbocycles. The molecule has 1 saturated heterocycles. The third-order valence-electron chi connectivity index (χ3n) is 3.25. The van der Waals surface area contributed by atoms with Crippen LogP contribution in [-0.4, -0.2) is 36.5 Å². The molecule has 1 aromatic rings. The third kappa shape index (κ3) is 4.00. The smallest absolute Gasteiger partial charge is 0.241 e. The Morgan fingerprint density at radius 1 is 1.37 bits per heavy atom. The number of carbonyl (C=O) groups is 1. The molecule has 19 heavy (non-hydrogen) atoms. The van der Waals surface area contributed by atoms with Crippen molar-refractivity contribution in [1.82, 2.24) is 4.90 Å². The highest BCUT2D eigenvalue weighted by Gasteiger charge is 2.20. The fourth-order valence-corrected chi connectivity index (χ4v) is 2.54. The van der Waals surface area contributed by atoms with Gasteiger partial charge in [0.25, 0.3) is 0 Å².